The molecule has 3 unspecified atom stereocenters. The second-order valence-electron chi connectivity index (χ2n) is 9.08. The van der Waals surface area contributed by atoms with E-state index in [0.29, 0.717) is 28.0 Å². The number of hydrogen-bond donors (Lipinski definition) is 1. The molecule has 5 rings (SSSR count). The molecule has 1 aromatic carbocycles. The normalized spacial score (nSPS) is 25.3. The number of likely N-dealkylation sites (tertiary alicyclic amines) is 1. The second-order valence-corrected chi connectivity index (χ2v) is 9.48. The molecule has 1 saturated carbocycles. The van der Waals surface area contributed by atoms with E-state index in [1.165, 1.54) is 0 Å². The molecule has 168 valence electrons. The highest BCUT2D eigenvalue weighted by molar-refractivity contribution is 6.33. The van der Waals surface area contributed by atoms with Crippen LogP contribution in [0.5, 0.6) is 0 Å². The fraction of sp³-hybridized carbons (Fsp3) is 0.500. The van der Waals surface area contributed by atoms with Crippen LogP contribution in [-0.4, -0.2) is 52.0 Å². The predicted molar refractivity (Wildman–Crippen MR) is 121 cm³/mol. The summed E-state index contributed by atoms with van der Waals surface area (Å²) in [6.07, 6.45) is 9.05. The molecule has 3 heterocycles. The number of nitrogens with one attached hydrogen (secondary N) is 1. The van der Waals surface area contributed by atoms with Crippen LogP contribution < -0.4 is 5.32 Å². The van der Waals surface area contributed by atoms with E-state index in [4.69, 9.17) is 11.6 Å². The zero-order valence-electron chi connectivity index (χ0n) is 18.4. The van der Waals surface area contributed by atoms with Crippen LogP contribution in [0.2, 0.25) is 5.02 Å². The fourth-order valence-electron chi connectivity index (χ4n) is 5.83. The molecule has 2 bridgehead atoms. The second kappa shape index (κ2) is 7.88. The van der Waals surface area contributed by atoms with E-state index in [-0.39, 0.29) is 23.7 Å². The number of halogens is 1. The van der Waals surface area contributed by atoms with Crippen LogP contribution in [0, 0.1) is 5.92 Å². The van der Waals surface area contributed by atoms with Gasteiger partial charge in [-0.3, -0.25) is 4.68 Å². The lowest BCUT2D eigenvalue weighted by Crippen LogP contribution is -2.74. The first-order valence-electron chi connectivity index (χ1n) is 11.0. The van der Waals surface area contributed by atoms with Crippen molar-refractivity contribution < 1.29 is 4.79 Å². The molecule has 2 aromatic heterocycles. The zero-order valence-corrected chi connectivity index (χ0v) is 19.2. The van der Waals surface area contributed by atoms with Crippen molar-refractivity contribution in [3.05, 3.63) is 42.2 Å². The lowest BCUT2D eigenvalue weighted by molar-refractivity contribution is -0.120. The van der Waals surface area contributed by atoms with Crippen molar-refractivity contribution in [2.24, 2.45) is 13.0 Å². The number of benzene rings is 1. The first-order valence-corrected chi connectivity index (χ1v) is 11.4. The van der Waals surface area contributed by atoms with Gasteiger partial charge >= 0.3 is 6.03 Å². The van der Waals surface area contributed by atoms with Crippen molar-refractivity contribution >= 4 is 23.3 Å². The van der Waals surface area contributed by atoms with Crippen LogP contribution in [0.1, 0.15) is 45.6 Å². The number of piperidine rings is 1. The lowest BCUT2D eigenvalue weighted by Gasteiger charge is -2.66. The SMILES string of the molecule is CC[C@H](n1cnnc1)C12CC(C)CC(C1)N2C(=O)Nc1ccc(Cl)c(-c2ncn(C)n2)c1. The van der Waals surface area contributed by atoms with Gasteiger partial charge in [-0.2, -0.15) is 5.10 Å². The maximum atomic E-state index is 13.6. The Kier molecular flexibility index (Phi) is 5.16. The number of hydrogen-bond acceptors (Lipinski definition) is 5. The molecule has 2 amide bonds. The molecule has 1 N–H and O–H groups in total. The van der Waals surface area contributed by atoms with Crippen molar-refractivity contribution in [2.45, 2.75) is 57.2 Å². The standard InChI is InChI=1S/C22H27ClN8O/c1-4-19(30-12-25-26-13-30)22-9-14(2)7-16(10-22)31(22)21(32)27-15-5-6-18(23)17(8-15)20-24-11-29(3)28-20/h5-6,8,11-14,16,19H,4,7,9-10H2,1-3H3,(H,27,32)/t14?,16?,19-,22?/m0/s1. The van der Waals surface area contributed by atoms with Crippen LogP contribution in [0.3, 0.4) is 0 Å². The molecule has 1 aliphatic heterocycles. The highest BCUT2D eigenvalue weighted by atomic mass is 35.5. The molecule has 0 radical (unpaired) electrons. The van der Waals surface area contributed by atoms with E-state index in [1.807, 2.05) is 12.1 Å². The Morgan fingerprint density at radius 2 is 2.06 bits per heavy atom. The Labute approximate surface area is 191 Å². The van der Waals surface area contributed by atoms with Gasteiger partial charge < -0.3 is 14.8 Å². The quantitative estimate of drug-likeness (QED) is 0.624. The number of urea groups is 1. The number of nitrogens with zero attached hydrogens (tertiary/aromatic N) is 7. The number of fused-ring (bicyclic) bond motifs is 2. The van der Waals surface area contributed by atoms with Gasteiger partial charge in [-0.25, -0.2) is 9.78 Å². The Bertz CT molecular complexity index is 1130. The maximum Gasteiger partial charge on any atom is 0.322 e. The van der Waals surface area contributed by atoms with Crippen molar-refractivity contribution in [1.82, 2.24) is 34.4 Å². The van der Waals surface area contributed by atoms with Crippen LogP contribution in [0.25, 0.3) is 11.4 Å². The van der Waals surface area contributed by atoms with Gasteiger partial charge in [0.1, 0.15) is 19.0 Å². The summed E-state index contributed by atoms with van der Waals surface area (Å²) in [6, 6.07) is 5.71. The number of anilines is 1. The zero-order chi connectivity index (χ0) is 22.5. The average Bonchev–Trinajstić information content (AvgIpc) is 3.41. The van der Waals surface area contributed by atoms with Crippen molar-refractivity contribution in [1.29, 1.82) is 0 Å². The average molecular weight is 455 g/mol. The van der Waals surface area contributed by atoms with E-state index in [2.05, 4.69) is 48.9 Å². The van der Waals surface area contributed by atoms with Gasteiger partial charge in [-0.1, -0.05) is 25.4 Å². The number of aryl methyl sites for hydroxylation is 1. The number of carbonyl (C=O) groups excluding carboxylic acids is 1. The Hall–Kier alpha value is -2.94. The van der Waals surface area contributed by atoms with E-state index in [0.717, 1.165) is 25.7 Å². The van der Waals surface area contributed by atoms with Crippen molar-refractivity contribution in [3.63, 3.8) is 0 Å². The van der Waals surface area contributed by atoms with Gasteiger partial charge in [-0.15, -0.1) is 10.2 Å². The fourth-order valence-corrected chi connectivity index (χ4v) is 6.03. The largest absolute Gasteiger partial charge is 0.322 e. The highest BCUT2D eigenvalue weighted by Crippen LogP contribution is 2.56. The minimum absolute atomic E-state index is 0.0815. The molecule has 9 nitrogen and oxygen atoms in total. The highest BCUT2D eigenvalue weighted by Gasteiger charge is 2.61. The summed E-state index contributed by atoms with van der Waals surface area (Å²) in [7, 11) is 1.80. The maximum absolute atomic E-state index is 13.6. The predicted octanol–water partition coefficient (Wildman–Crippen LogP) is 4.15. The molecule has 10 heteroatoms. The summed E-state index contributed by atoms with van der Waals surface area (Å²) in [5.74, 6) is 1.10. The number of amides is 2. The molecular weight excluding hydrogens is 428 g/mol. The monoisotopic (exact) mass is 454 g/mol. The van der Waals surface area contributed by atoms with Crippen LogP contribution in [-0.2, 0) is 7.05 Å². The van der Waals surface area contributed by atoms with Crippen LogP contribution in [0.15, 0.2) is 37.2 Å². The Balaban J connectivity index is 1.43. The third-order valence-electron chi connectivity index (χ3n) is 6.89. The minimum Gasteiger partial charge on any atom is -0.315 e. The first kappa shape index (κ1) is 20.9. The molecular formula is C22H27ClN8O. The molecule has 32 heavy (non-hydrogen) atoms. The van der Waals surface area contributed by atoms with E-state index >= 15 is 0 Å². The Morgan fingerprint density at radius 1 is 1.28 bits per heavy atom. The molecule has 1 aliphatic carbocycles. The number of rotatable bonds is 5. The Morgan fingerprint density at radius 3 is 2.75 bits per heavy atom. The summed E-state index contributed by atoms with van der Waals surface area (Å²) in [5, 5.41) is 16.0. The topological polar surface area (TPSA) is 93.8 Å². The van der Waals surface area contributed by atoms with Gasteiger partial charge in [0.25, 0.3) is 0 Å². The van der Waals surface area contributed by atoms with Gasteiger partial charge in [0.15, 0.2) is 5.82 Å². The van der Waals surface area contributed by atoms with Gasteiger partial charge in [-0.05, 0) is 49.8 Å². The van der Waals surface area contributed by atoms with E-state index in [9.17, 15) is 4.79 Å². The molecule has 1 saturated heterocycles. The molecule has 2 aliphatic rings. The number of aromatic nitrogens is 6. The summed E-state index contributed by atoms with van der Waals surface area (Å²) >= 11 is 6.38. The third-order valence-corrected chi connectivity index (χ3v) is 7.22. The van der Waals surface area contributed by atoms with E-state index < -0.39 is 0 Å². The lowest BCUT2D eigenvalue weighted by atomic mass is 9.60. The smallest absolute Gasteiger partial charge is 0.315 e. The van der Waals surface area contributed by atoms with Gasteiger partial charge in [0.05, 0.1) is 16.6 Å². The van der Waals surface area contributed by atoms with Gasteiger partial charge in [0, 0.05) is 24.3 Å². The summed E-state index contributed by atoms with van der Waals surface area (Å²) < 4.78 is 3.68. The van der Waals surface area contributed by atoms with Crippen molar-refractivity contribution in [3.8, 4) is 11.4 Å². The van der Waals surface area contributed by atoms with Crippen LogP contribution >= 0.6 is 11.6 Å². The molecule has 3 aromatic rings. The minimum atomic E-state index is -0.235. The molecule has 4 atom stereocenters. The third kappa shape index (κ3) is 3.35. The van der Waals surface area contributed by atoms with Crippen molar-refractivity contribution in [2.75, 3.05) is 5.32 Å². The van der Waals surface area contributed by atoms with E-state index in [1.54, 1.807) is 36.8 Å². The molecule has 2 fully saturated rings. The summed E-state index contributed by atoms with van der Waals surface area (Å²) in [6.45, 7) is 4.44. The molecule has 0 spiro atoms. The first-order chi connectivity index (χ1) is 15.4. The van der Waals surface area contributed by atoms with Gasteiger partial charge in [0.2, 0.25) is 0 Å². The summed E-state index contributed by atoms with van der Waals surface area (Å²) in [5.41, 5.74) is 1.13. The summed E-state index contributed by atoms with van der Waals surface area (Å²) in [4.78, 5) is 19.9. The number of carbonyl (C=O) groups is 1. The van der Waals surface area contributed by atoms with Crippen LogP contribution in [0.4, 0.5) is 10.5 Å².